The molecule has 0 radical (unpaired) electrons. The zero-order valence-electron chi connectivity index (χ0n) is 9.67. The van der Waals surface area contributed by atoms with Crippen molar-refractivity contribution in [2.45, 2.75) is 18.7 Å². The highest BCUT2D eigenvalue weighted by Gasteiger charge is 2.15. The van der Waals surface area contributed by atoms with Crippen LogP contribution < -0.4 is 10.0 Å². The number of anilines is 1. The van der Waals surface area contributed by atoms with E-state index in [0.29, 0.717) is 15.7 Å². The van der Waals surface area contributed by atoms with Gasteiger partial charge in [-0.1, -0.05) is 0 Å². The second kappa shape index (κ2) is 5.16. The fraction of sp³-hybridized carbons (Fsp3) is 0.300. The number of aryl methyl sites for hydroxylation is 1. The molecular weight excluding hydrogens is 308 g/mol. The third kappa shape index (κ3) is 3.27. The van der Waals surface area contributed by atoms with Gasteiger partial charge in [-0.05, 0) is 47.6 Å². The molecule has 0 spiro atoms. The zero-order chi connectivity index (χ0) is 13.2. The van der Waals surface area contributed by atoms with Gasteiger partial charge in [-0.15, -0.1) is 0 Å². The molecule has 0 aromatic heterocycles. The molecule has 0 heterocycles. The molecule has 0 unspecified atom stereocenters. The Bertz CT molecular complexity index is 532. The summed E-state index contributed by atoms with van der Waals surface area (Å²) in [6.07, 6.45) is 0. The summed E-state index contributed by atoms with van der Waals surface area (Å²) in [4.78, 5) is 11.1. The van der Waals surface area contributed by atoms with E-state index >= 15 is 0 Å². The van der Waals surface area contributed by atoms with Gasteiger partial charge in [0.2, 0.25) is 15.9 Å². The smallest absolute Gasteiger partial charge is 0.240 e. The van der Waals surface area contributed by atoms with Crippen LogP contribution in [0.5, 0.6) is 0 Å². The van der Waals surface area contributed by atoms with Gasteiger partial charge in [0.25, 0.3) is 0 Å². The molecular formula is C10H13BrN2O3S. The van der Waals surface area contributed by atoms with Crippen LogP contribution >= 0.6 is 15.9 Å². The van der Waals surface area contributed by atoms with Crippen LogP contribution in [0.15, 0.2) is 21.5 Å². The molecule has 0 aliphatic heterocycles. The van der Waals surface area contributed by atoms with E-state index in [1.54, 1.807) is 6.92 Å². The van der Waals surface area contributed by atoms with Crippen molar-refractivity contribution in [1.82, 2.24) is 4.72 Å². The lowest BCUT2D eigenvalue weighted by atomic mass is 10.2. The van der Waals surface area contributed by atoms with E-state index in [1.165, 1.54) is 26.1 Å². The monoisotopic (exact) mass is 320 g/mol. The van der Waals surface area contributed by atoms with Crippen LogP contribution in [0.2, 0.25) is 0 Å². The third-order valence-electron chi connectivity index (χ3n) is 2.14. The molecule has 2 N–H and O–H groups in total. The summed E-state index contributed by atoms with van der Waals surface area (Å²) in [5, 5.41) is 2.64. The first-order valence-corrected chi connectivity index (χ1v) is 7.07. The molecule has 0 saturated carbocycles. The Kier molecular flexibility index (Phi) is 4.29. The Balaban J connectivity index is 3.33. The van der Waals surface area contributed by atoms with Gasteiger partial charge < -0.3 is 5.32 Å². The predicted molar refractivity (Wildman–Crippen MR) is 69.4 cm³/mol. The SMILES string of the molecule is CNS(=O)(=O)c1cc(C)c(NC(C)=O)c(Br)c1. The molecule has 94 valence electrons. The minimum atomic E-state index is -3.48. The van der Waals surface area contributed by atoms with Crippen LogP contribution in [-0.2, 0) is 14.8 Å². The van der Waals surface area contributed by atoms with Crippen molar-refractivity contribution in [1.29, 1.82) is 0 Å². The second-order valence-corrected chi connectivity index (χ2v) is 6.23. The van der Waals surface area contributed by atoms with Crippen molar-refractivity contribution >= 4 is 37.5 Å². The number of nitrogens with one attached hydrogen (secondary N) is 2. The number of halogens is 1. The van der Waals surface area contributed by atoms with Crippen molar-refractivity contribution in [2.75, 3.05) is 12.4 Å². The number of hydrogen-bond acceptors (Lipinski definition) is 3. The first-order valence-electron chi connectivity index (χ1n) is 4.79. The lowest BCUT2D eigenvalue weighted by Crippen LogP contribution is -2.19. The molecule has 0 saturated heterocycles. The summed E-state index contributed by atoms with van der Waals surface area (Å²) in [6, 6.07) is 2.95. The summed E-state index contributed by atoms with van der Waals surface area (Å²) >= 11 is 3.24. The topological polar surface area (TPSA) is 75.3 Å². The number of rotatable bonds is 3. The van der Waals surface area contributed by atoms with Crippen LogP contribution in [0.4, 0.5) is 5.69 Å². The molecule has 5 nitrogen and oxygen atoms in total. The fourth-order valence-corrected chi connectivity index (χ4v) is 2.97. The van der Waals surface area contributed by atoms with E-state index in [-0.39, 0.29) is 10.8 Å². The molecule has 1 rings (SSSR count). The molecule has 0 fully saturated rings. The van der Waals surface area contributed by atoms with Gasteiger partial charge in [0.1, 0.15) is 0 Å². The van der Waals surface area contributed by atoms with Crippen LogP contribution in [0.3, 0.4) is 0 Å². The van der Waals surface area contributed by atoms with E-state index in [2.05, 4.69) is 26.0 Å². The van der Waals surface area contributed by atoms with Crippen molar-refractivity contribution in [3.63, 3.8) is 0 Å². The van der Waals surface area contributed by atoms with E-state index in [9.17, 15) is 13.2 Å². The van der Waals surface area contributed by atoms with E-state index in [1.807, 2.05) is 0 Å². The summed E-state index contributed by atoms with van der Waals surface area (Å²) < 4.78 is 26.0. The molecule has 0 bridgehead atoms. The van der Waals surface area contributed by atoms with Crippen molar-refractivity contribution in [3.05, 3.63) is 22.2 Å². The van der Waals surface area contributed by atoms with Gasteiger partial charge in [0, 0.05) is 11.4 Å². The maximum atomic E-state index is 11.6. The molecule has 0 aliphatic rings. The Hall–Kier alpha value is -0.920. The van der Waals surface area contributed by atoms with Gasteiger partial charge in [-0.3, -0.25) is 4.79 Å². The number of carbonyl (C=O) groups excluding carboxylic acids is 1. The molecule has 0 atom stereocenters. The minimum Gasteiger partial charge on any atom is -0.325 e. The minimum absolute atomic E-state index is 0.151. The molecule has 1 aromatic rings. The van der Waals surface area contributed by atoms with E-state index in [0.717, 1.165) is 0 Å². The molecule has 17 heavy (non-hydrogen) atoms. The molecule has 0 aliphatic carbocycles. The van der Waals surface area contributed by atoms with Gasteiger partial charge in [0.15, 0.2) is 0 Å². The quantitative estimate of drug-likeness (QED) is 0.888. The van der Waals surface area contributed by atoms with Crippen molar-refractivity contribution < 1.29 is 13.2 Å². The number of amides is 1. The Morgan fingerprint density at radius 1 is 1.35 bits per heavy atom. The highest BCUT2D eigenvalue weighted by Crippen LogP contribution is 2.29. The normalized spacial score (nSPS) is 11.3. The highest BCUT2D eigenvalue weighted by atomic mass is 79.9. The van der Waals surface area contributed by atoms with Crippen LogP contribution in [0.1, 0.15) is 12.5 Å². The summed E-state index contributed by atoms with van der Waals surface area (Å²) in [6.45, 7) is 3.12. The fourth-order valence-electron chi connectivity index (χ4n) is 1.32. The zero-order valence-corrected chi connectivity index (χ0v) is 12.1. The van der Waals surface area contributed by atoms with Crippen LogP contribution in [-0.4, -0.2) is 21.4 Å². The standard InChI is InChI=1S/C10H13BrN2O3S/c1-6-4-8(17(15,16)12-3)5-9(11)10(6)13-7(2)14/h4-5,12H,1-3H3,(H,13,14). The van der Waals surface area contributed by atoms with Crippen molar-refractivity contribution in [3.8, 4) is 0 Å². The maximum absolute atomic E-state index is 11.6. The predicted octanol–water partition coefficient (Wildman–Crippen LogP) is 1.62. The lowest BCUT2D eigenvalue weighted by Gasteiger charge is -2.11. The van der Waals surface area contributed by atoms with Gasteiger partial charge in [0.05, 0.1) is 10.6 Å². The largest absolute Gasteiger partial charge is 0.325 e. The van der Waals surface area contributed by atoms with E-state index in [4.69, 9.17) is 0 Å². The summed E-state index contributed by atoms with van der Waals surface area (Å²) in [5.41, 5.74) is 1.25. The van der Waals surface area contributed by atoms with Crippen LogP contribution in [0.25, 0.3) is 0 Å². The summed E-state index contributed by atoms with van der Waals surface area (Å²) in [5.74, 6) is -0.210. The first-order chi connectivity index (χ1) is 7.77. The van der Waals surface area contributed by atoms with Crippen molar-refractivity contribution in [2.24, 2.45) is 0 Å². The lowest BCUT2D eigenvalue weighted by molar-refractivity contribution is -0.114. The molecule has 1 amide bonds. The van der Waals surface area contributed by atoms with Crippen LogP contribution in [0, 0.1) is 6.92 Å². The third-order valence-corrected chi connectivity index (χ3v) is 4.16. The average molecular weight is 321 g/mol. The number of sulfonamides is 1. The van der Waals surface area contributed by atoms with Gasteiger partial charge >= 0.3 is 0 Å². The van der Waals surface area contributed by atoms with E-state index < -0.39 is 10.0 Å². The van der Waals surface area contributed by atoms with Gasteiger partial charge in [-0.2, -0.15) is 0 Å². The Labute approximate surface area is 109 Å². The molecule has 7 heteroatoms. The molecule has 1 aromatic carbocycles. The Morgan fingerprint density at radius 3 is 2.35 bits per heavy atom. The number of benzene rings is 1. The maximum Gasteiger partial charge on any atom is 0.240 e. The second-order valence-electron chi connectivity index (χ2n) is 3.49. The number of carbonyl (C=O) groups is 1. The highest BCUT2D eigenvalue weighted by molar-refractivity contribution is 9.10. The number of hydrogen-bond donors (Lipinski definition) is 2. The summed E-state index contributed by atoms with van der Waals surface area (Å²) in [7, 11) is -2.13. The Morgan fingerprint density at radius 2 is 1.94 bits per heavy atom. The average Bonchev–Trinajstić information content (AvgIpc) is 2.22. The first kappa shape index (κ1) is 14.1. The van der Waals surface area contributed by atoms with Gasteiger partial charge in [-0.25, -0.2) is 13.1 Å².